The summed E-state index contributed by atoms with van der Waals surface area (Å²) in [5, 5.41) is 23.7. The minimum absolute atomic E-state index is 0.0816. The lowest BCUT2D eigenvalue weighted by atomic mass is 9.93. The van der Waals surface area contributed by atoms with Crippen LogP contribution in [0.2, 0.25) is 0 Å². The van der Waals surface area contributed by atoms with Crippen molar-refractivity contribution in [2.45, 2.75) is 24.3 Å². The molecule has 0 saturated heterocycles. The number of nitro groups is 1. The Labute approximate surface area is 218 Å². The van der Waals surface area contributed by atoms with Gasteiger partial charge in [-0.2, -0.15) is 0 Å². The van der Waals surface area contributed by atoms with E-state index in [1.165, 1.54) is 67.4 Å². The van der Waals surface area contributed by atoms with Crippen molar-refractivity contribution in [2.75, 3.05) is 27.2 Å². The molecule has 13 nitrogen and oxygen atoms in total. The number of methoxy groups -OCH3 is 1. The van der Waals surface area contributed by atoms with Crippen molar-refractivity contribution in [2.24, 2.45) is 0 Å². The lowest BCUT2D eigenvalue weighted by Crippen LogP contribution is -2.49. The van der Waals surface area contributed by atoms with E-state index in [1.54, 1.807) is 0 Å². The average molecular weight is 547 g/mol. The molecule has 14 heteroatoms. The molecule has 1 aliphatic rings. The molecule has 0 saturated carbocycles. The molecule has 0 spiro atoms. The number of amides is 2. The standard InChI is InChI=1S/C24H26N4O9S/c1-15-20(22(29)30)21(16-8-6-9-17(14-16)28(33)34)27(24(32)25-15)13-7-12-26(2)38(35,36)19-11-5-4-10-18(19)23(31)37-3/h4-6,8-11,14,21H,7,12-13H2,1-3H3,(H,25,32)(H,29,30). The SMILES string of the molecule is COC(=O)c1ccccc1S(=O)(=O)N(C)CCCN1C(=O)NC(C)=C(C(=O)O)C1c1cccc([N+](=O)[O-])c1. The number of carboxylic acid groups (broad SMARTS) is 1. The third-order valence-corrected chi connectivity index (χ3v) is 7.94. The highest BCUT2D eigenvalue weighted by atomic mass is 32.2. The molecule has 1 atom stereocenters. The zero-order chi connectivity index (χ0) is 28.2. The molecule has 0 aromatic heterocycles. The van der Waals surface area contributed by atoms with Gasteiger partial charge in [0.1, 0.15) is 0 Å². The van der Waals surface area contributed by atoms with E-state index in [1.807, 2.05) is 0 Å². The molecule has 3 rings (SSSR count). The summed E-state index contributed by atoms with van der Waals surface area (Å²) in [4.78, 5) is 48.7. The Bertz CT molecular complexity index is 1420. The van der Waals surface area contributed by atoms with E-state index in [0.717, 1.165) is 11.4 Å². The lowest BCUT2D eigenvalue weighted by molar-refractivity contribution is -0.384. The van der Waals surface area contributed by atoms with Crippen LogP contribution in [0.4, 0.5) is 10.5 Å². The number of ether oxygens (including phenoxy) is 1. The van der Waals surface area contributed by atoms with Crippen molar-refractivity contribution in [1.29, 1.82) is 0 Å². The zero-order valence-corrected chi connectivity index (χ0v) is 21.6. The Balaban J connectivity index is 1.88. The number of urea groups is 1. The number of aliphatic carboxylic acids is 1. The molecule has 0 radical (unpaired) electrons. The number of carbonyl (C=O) groups is 3. The minimum Gasteiger partial charge on any atom is -0.478 e. The van der Waals surface area contributed by atoms with Gasteiger partial charge in [0.2, 0.25) is 10.0 Å². The third-order valence-electron chi connectivity index (χ3n) is 6.02. The number of nitrogens with one attached hydrogen (secondary N) is 1. The molecule has 202 valence electrons. The molecule has 0 bridgehead atoms. The summed E-state index contributed by atoms with van der Waals surface area (Å²) >= 11 is 0. The molecule has 2 amide bonds. The predicted octanol–water partition coefficient (Wildman–Crippen LogP) is 2.52. The molecule has 1 unspecified atom stereocenters. The van der Waals surface area contributed by atoms with Crippen molar-refractivity contribution in [3.63, 3.8) is 0 Å². The Morgan fingerprint density at radius 3 is 2.53 bits per heavy atom. The molecule has 0 aliphatic carbocycles. The second-order valence-electron chi connectivity index (χ2n) is 8.39. The largest absolute Gasteiger partial charge is 0.478 e. The maximum atomic E-state index is 13.2. The molecule has 1 heterocycles. The van der Waals surface area contributed by atoms with E-state index in [9.17, 15) is 38.0 Å². The first-order chi connectivity index (χ1) is 17.9. The number of carbonyl (C=O) groups excluding carboxylic acids is 2. The van der Waals surface area contributed by atoms with Crippen LogP contribution in [-0.2, 0) is 19.6 Å². The summed E-state index contributed by atoms with van der Waals surface area (Å²) in [6.07, 6.45) is 0.0842. The minimum atomic E-state index is -4.12. The van der Waals surface area contributed by atoms with Gasteiger partial charge in [-0.25, -0.2) is 27.1 Å². The Hall–Kier alpha value is -4.30. The Morgan fingerprint density at radius 2 is 1.89 bits per heavy atom. The Kier molecular flexibility index (Phi) is 8.48. The normalized spacial score (nSPS) is 15.8. The molecule has 2 aromatic carbocycles. The first-order valence-electron chi connectivity index (χ1n) is 11.3. The van der Waals surface area contributed by atoms with Crippen LogP contribution >= 0.6 is 0 Å². The highest BCUT2D eigenvalue weighted by Crippen LogP contribution is 2.35. The van der Waals surface area contributed by atoms with Gasteiger partial charge in [0, 0.05) is 38.0 Å². The zero-order valence-electron chi connectivity index (χ0n) is 20.8. The summed E-state index contributed by atoms with van der Waals surface area (Å²) in [6.45, 7) is 1.25. The van der Waals surface area contributed by atoms with Crippen LogP contribution in [0.15, 0.2) is 64.7 Å². The quantitative estimate of drug-likeness (QED) is 0.257. The average Bonchev–Trinajstić information content (AvgIpc) is 2.88. The smallest absolute Gasteiger partial charge is 0.339 e. The van der Waals surface area contributed by atoms with E-state index >= 15 is 0 Å². The lowest BCUT2D eigenvalue weighted by Gasteiger charge is -2.37. The van der Waals surface area contributed by atoms with Gasteiger partial charge < -0.3 is 20.1 Å². The number of hydrogen-bond donors (Lipinski definition) is 2. The maximum Gasteiger partial charge on any atom is 0.339 e. The van der Waals surface area contributed by atoms with E-state index in [-0.39, 0.29) is 52.5 Å². The maximum absolute atomic E-state index is 13.2. The third kappa shape index (κ3) is 5.65. The van der Waals surface area contributed by atoms with Crippen molar-refractivity contribution in [3.05, 3.63) is 81.0 Å². The topological polar surface area (TPSA) is 176 Å². The fourth-order valence-electron chi connectivity index (χ4n) is 4.16. The first-order valence-corrected chi connectivity index (χ1v) is 12.7. The van der Waals surface area contributed by atoms with Gasteiger partial charge in [0.25, 0.3) is 5.69 Å². The second-order valence-corrected chi connectivity index (χ2v) is 10.4. The summed E-state index contributed by atoms with van der Waals surface area (Å²) in [5.41, 5.74) is -0.258. The Morgan fingerprint density at radius 1 is 1.21 bits per heavy atom. The molecular weight excluding hydrogens is 520 g/mol. The van der Waals surface area contributed by atoms with E-state index in [4.69, 9.17) is 0 Å². The van der Waals surface area contributed by atoms with E-state index in [0.29, 0.717) is 0 Å². The van der Waals surface area contributed by atoms with E-state index < -0.39 is 39.0 Å². The van der Waals surface area contributed by atoms with Crippen molar-refractivity contribution in [3.8, 4) is 0 Å². The predicted molar refractivity (Wildman–Crippen MR) is 134 cm³/mol. The number of rotatable bonds is 10. The van der Waals surface area contributed by atoms with Crippen LogP contribution in [0.1, 0.15) is 35.3 Å². The number of non-ortho nitro benzene ring substituents is 1. The highest BCUT2D eigenvalue weighted by molar-refractivity contribution is 7.89. The molecular formula is C24H26N4O9S. The van der Waals surface area contributed by atoms with Crippen LogP contribution in [0, 0.1) is 10.1 Å². The van der Waals surface area contributed by atoms with Crippen LogP contribution in [0.3, 0.4) is 0 Å². The van der Waals surface area contributed by atoms with Crippen LogP contribution in [-0.4, -0.2) is 72.9 Å². The number of carboxylic acids is 1. The fraction of sp³-hybridized carbons (Fsp3) is 0.292. The molecule has 38 heavy (non-hydrogen) atoms. The number of esters is 1. The molecule has 0 fully saturated rings. The van der Waals surface area contributed by atoms with Crippen molar-refractivity contribution in [1.82, 2.24) is 14.5 Å². The van der Waals surface area contributed by atoms with Gasteiger partial charge in [0.15, 0.2) is 0 Å². The van der Waals surface area contributed by atoms with Crippen LogP contribution in [0.5, 0.6) is 0 Å². The summed E-state index contributed by atoms with van der Waals surface area (Å²) < 4.78 is 32.0. The monoisotopic (exact) mass is 546 g/mol. The van der Waals surface area contributed by atoms with Crippen molar-refractivity contribution >= 4 is 33.7 Å². The number of nitrogens with zero attached hydrogens (tertiary/aromatic N) is 3. The van der Waals surface area contributed by atoms with Crippen molar-refractivity contribution < 1.29 is 37.6 Å². The first kappa shape index (κ1) is 28.3. The van der Waals surface area contributed by atoms with Gasteiger partial charge in [-0.1, -0.05) is 24.3 Å². The van der Waals surface area contributed by atoms with Gasteiger partial charge >= 0.3 is 18.0 Å². The van der Waals surface area contributed by atoms with Crippen LogP contribution in [0.25, 0.3) is 0 Å². The molecule has 2 aromatic rings. The van der Waals surface area contributed by atoms with Gasteiger partial charge in [-0.15, -0.1) is 0 Å². The number of allylic oxidation sites excluding steroid dienone is 1. The van der Waals surface area contributed by atoms with Crippen LogP contribution < -0.4 is 5.32 Å². The summed E-state index contributed by atoms with van der Waals surface area (Å²) in [6, 6.07) is 9.13. The molecule has 1 aliphatic heterocycles. The summed E-state index contributed by atoms with van der Waals surface area (Å²) in [7, 11) is -1.67. The molecule has 2 N–H and O–H groups in total. The second kappa shape index (κ2) is 11.4. The number of hydrogen-bond acceptors (Lipinski definition) is 8. The van der Waals surface area contributed by atoms with E-state index in [2.05, 4.69) is 10.1 Å². The van der Waals surface area contributed by atoms with Gasteiger partial charge in [-0.05, 0) is 31.0 Å². The fourth-order valence-corrected chi connectivity index (χ4v) is 5.55. The number of nitro benzene ring substituents is 1. The van der Waals surface area contributed by atoms with Gasteiger partial charge in [0.05, 0.1) is 34.1 Å². The highest BCUT2D eigenvalue weighted by Gasteiger charge is 2.38. The van der Waals surface area contributed by atoms with Gasteiger partial charge in [-0.3, -0.25) is 10.1 Å². The number of sulfonamides is 1. The number of benzene rings is 2. The summed E-state index contributed by atoms with van der Waals surface area (Å²) in [5.74, 6) is -2.13.